The van der Waals surface area contributed by atoms with E-state index < -0.39 is 89.6 Å². The van der Waals surface area contributed by atoms with Gasteiger partial charge in [0.05, 0.1) is 123 Å². The Kier molecular flexibility index (Phi) is 20.5. The van der Waals surface area contributed by atoms with Crippen molar-refractivity contribution in [3.8, 4) is 69.0 Å². The summed E-state index contributed by atoms with van der Waals surface area (Å²) in [5, 5.41) is 106. The standard InChI is InChI=1S/C42H48O12.2C6H3N3O6.CHCl3/c1-47-27-9-23(10-28(48-2)35(27)43)39-17-40(24-11-29(49-3)36(44)30(12-24)50-4)20-41(18-39,25-13-31(51-5)37(45)32(14-25)52-6)22-42(19-39,21-40)26-15-33(53-7)38(46)34(16-26)54-8;2*10-7(11)4-1-5(8(12)13)3-6(2-4)9(14)15;2-1(3)4/h9-16,43-46H,17-22H2,1-8H3;2*1-3H;1H. The molecule has 33 heteroatoms. The van der Waals surface area contributed by atoms with Crippen molar-refractivity contribution in [1.29, 1.82) is 0 Å². The summed E-state index contributed by atoms with van der Waals surface area (Å²) in [6.07, 6.45) is 3.98. The van der Waals surface area contributed by atoms with Crippen LogP contribution < -0.4 is 37.9 Å². The third-order valence-corrected chi connectivity index (χ3v) is 15.5. The van der Waals surface area contributed by atoms with Gasteiger partial charge >= 0.3 is 0 Å². The Labute approximate surface area is 513 Å². The molecule has 4 aliphatic rings. The highest BCUT2D eigenvalue weighted by molar-refractivity contribution is 6.63. The van der Waals surface area contributed by atoms with Gasteiger partial charge in [-0.15, -0.1) is 0 Å². The van der Waals surface area contributed by atoms with E-state index in [1.54, 1.807) is 0 Å². The quantitative estimate of drug-likeness (QED) is 0.0353. The normalized spacial score (nSPS) is 19.1. The first-order chi connectivity index (χ1) is 41.4. The average Bonchev–Trinajstić information content (AvgIpc) is 0.672. The highest BCUT2D eigenvalue weighted by Gasteiger charge is 2.70. The molecule has 30 nitrogen and oxygen atoms in total. The maximum absolute atomic E-state index is 11.1. The van der Waals surface area contributed by atoms with Crippen molar-refractivity contribution in [2.75, 3.05) is 56.9 Å². The summed E-state index contributed by atoms with van der Waals surface area (Å²) in [5.74, 6) is 1.89. The van der Waals surface area contributed by atoms with E-state index in [0.717, 1.165) is 22.3 Å². The molecule has 4 aliphatic carbocycles. The first-order valence-electron chi connectivity index (χ1n) is 25.3. The molecule has 0 aromatic heterocycles. The largest absolute Gasteiger partial charge is 0.502 e. The maximum Gasteiger partial charge on any atom is 0.283 e. The molecule has 0 saturated heterocycles. The number of methoxy groups -OCH3 is 8. The molecule has 0 heterocycles. The molecule has 470 valence electrons. The van der Waals surface area contributed by atoms with E-state index in [4.69, 9.17) is 72.7 Å². The Morgan fingerprint density at radius 3 is 0.511 bits per heavy atom. The van der Waals surface area contributed by atoms with Gasteiger partial charge in [-0.05, 0) is 131 Å². The van der Waals surface area contributed by atoms with E-state index in [1.165, 1.54) is 56.9 Å². The van der Waals surface area contributed by atoms with E-state index in [9.17, 15) is 81.1 Å². The number of nitrogens with zero attached hydrogens (tertiary/aromatic N) is 6. The lowest BCUT2D eigenvalue weighted by Crippen LogP contribution is -2.67. The van der Waals surface area contributed by atoms with Crippen LogP contribution in [0.4, 0.5) is 34.1 Å². The fourth-order valence-electron chi connectivity index (χ4n) is 12.5. The highest BCUT2D eigenvalue weighted by atomic mass is 35.6. The van der Waals surface area contributed by atoms with Crippen molar-refractivity contribution in [2.24, 2.45) is 0 Å². The van der Waals surface area contributed by atoms with E-state index in [0.29, 0.717) is 74.9 Å². The summed E-state index contributed by atoms with van der Waals surface area (Å²) in [5.41, 5.74) is -2.84. The fourth-order valence-corrected chi connectivity index (χ4v) is 12.5. The zero-order valence-corrected chi connectivity index (χ0v) is 49.9. The van der Waals surface area contributed by atoms with Gasteiger partial charge in [-0.2, -0.15) is 0 Å². The van der Waals surface area contributed by atoms with Crippen molar-refractivity contribution in [3.05, 3.63) is 168 Å². The smallest absolute Gasteiger partial charge is 0.283 e. The lowest BCUT2D eigenvalue weighted by Gasteiger charge is -2.71. The molecule has 0 radical (unpaired) electrons. The molecule has 88 heavy (non-hydrogen) atoms. The van der Waals surface area contributed by atoms with E-state index in [1.807, 2.05) is 48.5 Å². The summed E-state index contributed by atoms with van der Waals surface area (Å²) in [6.45, 7) is 0. The lowest BCUT2D eigenvalue weighted by atomic mass is 9.32. The number of ether oxygens (including phenoxy) is 8. The Hall–Kier alpha value is -9.81. The number of benzene rings is 6. The summed E-state index contributed by atoms with van der Waals surface area (Å²) < 4.78 is 45.1. The molecule has 0 atom stereocenters. The van der Waals surface area contributed by atoms with E-state index >= 15 is 0 Å². The van der Waals surface area contributed by atoms with Crippen molar-refractivity contribution < 1.29 is 87.9 Å². The van der Waals surface area contributed by atoms with Gasteiger partial charge in [0.15, 0.2) is 50.3 Å². The van der Waals surface area contributed by atoms with Gasteiger partial charge in [0, 0.05) is 0 Å². The number of alkyl halides is 3. The highest BCUT2D eigenvalue weighted by Crippen LogP contribution is 2.76. The molecule has 0 aliphatic heterocycles. The van der Waals surface area contributed by atoms with Gasteiger partial charge in [0.1, 0.15) is 0 Å². The minimum absolute atomic E-state index is 0.0957. The summed E-state index contributed by atoms with van der Waals surface area (Å²) >= 11 is 14.4. The molecule has 0 unspecified atom stereocenters. The molecule has 6 aromatic rings. The van der Waals surface area contributed by atoms with E-state index in [-0.39, 0.29) is 69.0 Å². The predicted molar refractivity (Wildman–Crippen MR) is 313 cm³/mol. The predicted octanol–water partition coefficient (Wildman–Crippen LogP) is 11.8. The minimum Gasteiger partial charge on any atom is -0.502 e. The van der Waals surface area contributed by atoms with Crippen LogP contribution in [0.3, 0.4) is 0 Å². The van der Waals surface area contributed by atoms with Crippen LogP contribution >= 0.6 is 34.8 Å². The van der Waals surface area contributed by atoms with Gasteiger partial charge in [0.2, 0.25) is 23.0 Å². The zero-order valence-electron chi connectivity index (χ0n) is 47.7. The molecule has 4 N–H and O–H groups in total. The van der Waals surface area contributed by atoms with Crippen LogP contribution in [-0.2, 0) is 21.7 Å². The van der Waals surface area contributed by atoms with Gasteiger partial charge in [-0.25, -0.2) is 0 Å². The van der Waals surface area contributed by atoms with Crippen molar-refractivity contribution in [1.82, 2.24) is 0 Å². The molecule has 10 rings (SSSR count). The van der Waals surface area contributed by atoms with Gasteiger partial charge < -0.3 is 58.3 Å². The van der Waals surface area contributed by atoms with Gasteiger partial charge in [-0.3, -0.25) is 60.7 Å². The summed E-state index contributed by atoms with van der Waals surface area (Å²) in [7, 11) is 12.1. The average molecular weight is 1290 g/mol. The summed E-state index contributed by atoms with van der Waals surface area (Å²) in [6, 6.07) is 19.1. The van der Waals surface area contributed by atoms with Crippen LogP contribution in [0.25, 0.3) is 0 Å². The molecular weight excluding hydrogens is 1230 g/mol. The number of phenolic OH excluding ortho intramolecular Hbond substituents is 4. The second kappa shape index (κ2) is 26.8. The van der Waals surface area contributed by atoms with Crippen LogP contribution in [-0.4, -0.2) is 111 Å². The third-order valence-electron chi connectivity index (χ3n) is 15.5. The van der Waals surface area contributed by atoms with Gasteiger partial charge in [-0.1, -0.05) is 34.8 Å². The maximum atomic E-state index is 11.1. The number of aromatic hydroxyl groups is 4. The molecule has 0 amide bonds. The molecule has 4 bridgehead atoms. The third kappa shape index (κ3) is 13.6. The number of nitro benzene ring substituents is 6. The fraction of sp³-hybridized carbons (Fsp3) is 0.345. The van der Waals surface area contributed by atoms with Crippen molar-refractivity contribution in [2.45, 2.75) is 64.5 Å². The van der Waals surface area contributed by atoms with Crippen molar-refractivity contribution >= 4 is 68.9 Å². The van der Waals surface area contributed by atoms with Crippen LogP contribution in [0, 0.1) is 60.7 Å². The number of phenols is 4. The molecule has 6 aromatic carbocycles. The Morgan fingerprint density at radius 2 is 0.420 bits per heavy atom. The second-order valence-corrected chi connectivity index (χ2v) is 22.3. The molecular formula is C55H55Cl3N6O24. The zero-order chi connectivity index (χ0) is 65.5. The van der Waals surface area contributed by atoms with Crippen LogP contribution in [0.15, 0.2) is 84.9 Å². The molecule has 4 fully saturated rings. The Morgan fingerprint density at radius 1 is 0.307 bits per heavy atom. The Bertz CT molecular complexity index is 3040. The number of non-ortho nitro benzene ring substituents is 6. The topological polar surface area (TPSA) is 414 Å². The Balaban J connectivity index is 0.000000294. The monoisotopic (exact) mass is 1290 g/mol. The molecule has 0 spiro atoms. The van der Waals surface area contributed by atoms with E-state index in [2.05, 4.69) is 0 Å². The second-order valence-electron chi connectivity index (χ2n) is 20.3. The minimum atomic E-state index is -0.931. The van der Waals surface area contributed by atoms with Crippen LogP contribution in [0.1, 0.15) is 60.8 Å². The van der Waals surface area contributed by atoms with Crippen LogP contribution in [0.2, 0.25) is 0 Å². The first-order valence-corrected chi connectivity index (χ1v) is 26.6. The lowest BCUT2D eigenvalue weighted by molar-refractivity contribution is -0.403. The number of hydrogen-bond acceptors (Lipinski definition) is 24. The number of rotatable bonds is 18. The molecule has 4 saturated carbocycles. The number of hydrogen-bond donors (Lipinski definition) is 4. The number of nitro groups is 6. The van der Waals surface area contributed by atoms with Gasteiger partial charge in [0.25, 0.3) is 34.1 Å². The SMILES string of the molecule is COc1cc(C23CC4(c5cc(OC)c(O)c(OC)c5)CC(c5cc(OC)c(O)c(OC)c5)(C2)CC(c2cc(OC)c(O)c(OC)c2)(C3)C4)cc(OC)c1O.ClC(Cl)Cl.O=[N+]([O-])c1cc([N+](=O)[O-])cc([N+](=O)[O-])c1.O=[N+]([O-])c1cc([N+](=O)[O-])cc([N+](=O)[O-])c1. The summed E-state index contributed by atoms with van der Waals surface area (Å²) in [4.78, 5) is 56.3. The number of halogens is 3. The van der Waals surface area contributed by atoms with Crippen LogP contribution in [0.5, 0.6) is 69.0 Å². The van der Waals surface area contributed by atoms with Crippen molar-refractivity contribution in [3.63, 3.8) is 0 Å². The first kappa shape index (κ1) is 67.3.